The Morgan fingerprint density at radius 3 is 2.47 bits per heavy atom. The topological polar surface area (TPSA) is 88.9 Å². The second kappa shape index (κ2) is 13.2. The molecule has 1 saturated heterocycles. The van der Waals surface area contributed by atoms with Crippen molar-refractivity contribution in [3.05, 3.63) is 72.3 Å². The van der Waals surface area contributed by atoms with Gasteiger partial charge in [-0.15, -0.1) is 0 Å². The molecule has 9 nitrogen and oxygen atoms in total. The minimum Gasteiger partial charge on any atom is -0.490 e. The number of amides is 2. The third kappa shape index (κ3) is 8.38. The Labute approximate surface area is 255 Å². The van der Waals surface area contributed by atoms with Crippen LogP contribution < -0.4 is 10.1 Å². The SMILES string of the molecule is Cc1cn(-c2cc(CN3CC[C@H](N(C)C(=O)OC(C)(C)C)C3)cc(NC(=O)C3CCC(Oc4ccccc4)CC3)c2)cn1. The first-order valence-corrected chi connectivity index (χ1v) is 15.4. The number of para-hydroxylation sites is 1. The zero-order valence-corrected chi connectivity index (χ0v) is 26.1. The van der Waals surface area contributed by atoms with Crippen molar-refractivity contribution in [2.75, 3.05) is 25.5 Å². The first-order chi connectivity index (χ1) is 20.5. The van der Waals surface area contributed by atoms with E-state index in [-0.39, 0.29) is 30.1 Å². The van der Waals surface area contributed by atoms with Gasteiger partial charge in [0.05, 0.1) is 18.1 Å². The third-order valence-electron chi connectivity index (χ3n) is 8.23. The van der Waals surface area contributed by atoms with Gasteiger partial charge in [0.1, 0.15) is 11.4 Å². The van der Waals surface area contributed by atoms with Gasteiger partial charge in [-0.25, -0.2) is 9.78 Å². The number of nitrogens with zero attached hydrogens (tertiary/aromatic N) is 4. The summed E-state index contributed by atoms with van der Waals surface area (Å²) in [5, 5.41) is 3.22. The molecule has 1 aromatic heterocycles. The number of likely N-dealkylation sites (N-methyl/N-ethyl adjacent to an activating group) is 1. The fourth-order valence-electron chi connectivity index (χ4n) is 5.94. The Kier molecular flexibility index (Phi) is 9.40. The molecule has 2 heterocycles. The summed E-state index contributed by atoms with van der Waals surface area (Å²) in [6.45, 7) is 9.97. The summed E-state index contributed by atoms with van der Waals surface area (Å²) < 4.78 is 13.7. The smallest absolute Gasteiger partial charge is 0.410 e. The van der Waals surface area contributed by atoms with E-state index in [1.165, 1.54) is 0 Å². The van der Waals surface area contributed by atoms with Crippen LogP contribution in [0.25, 0.3) is 5.69 Å². The molecule has 0 radical (unpaired) electrons. The van der Waals surface area contributed by atoms with Gasteiger partial charge in [-0.1, -0.05) is 18.2 Å². The maximum absolute atomic E-state index is 13.4. The Morgan fingerprint density at radius 2 is 1.79 bits per heavy atom. The number of likely N-dealkylation sites (tertiary alicyclic amines) is 1. The molecule has 230 valence electrons. The Balaban J connectivity index is 1.23. The van der Waals surface area contributed by atoms with E-state index in [0.29, 0.717) is 6.54 Å². The van der Waals surface area contributed by atoms with Gasteiger partial charge in [0.15, 0.2) is 0 Å². The molecule has 0 spiro atoms. The summed E-state index contributed by atoms with van der Waals surface area (Å²) in [5.41, 5.74) is 3.24. The second-order valence-corrected chi connectivity index (χ2v) is 13.0. The second-order valence-electron chi connectivity index (χ2n) is 13.0. The Hall–Kier alpha value is -3.85. The van der Waals surface area contributed by atoms with Crippen molar-refractivity contribution in [3.63, 3.8) is 0 Å². The predicted molar refractivity (Wildman–Crippen MR) is 167 cm³/mol. The zero-order valence-electron chi connectivity index (χ0n) is 26.1. The van der Waals surface area contributed by atoms with Crippen LogP contribution in [0.3, 0.4) is 0 Å². The molecule has 1 N–H and O–H groups in total. The van der Waals surface area contributed by atoms with Gasteiger partial charge < -0.3 is 24.3 Å². The van der Waals surface area contributed by atoms with Gasteiger partial charge in [0.2, 0.25) is 5.91 Å². The standard InChI is InChI=1S/C34H45N5O4/c1-24-20-39(23-35-24)29-18-25(21-38-16-15-28(22-38)37(5)33(41)43-34(2,3)4)17-27(19-29)36-32(40)26-11-13-31(14-12-26)42-30-9-7-6-8-10-30/h6-10,17-20,23,26,28,31H,11-16,21-22H2,1-5H3,(H,36,40)/t26?,28-,31?/m0/s1. The van der Waals surface area contributed by atoms with E-state index >= 15 is 0 Å². The largest absolute Gasteiger partial charge is 0.490 e. The van der Waals surface area contributed by atoms with Gasteiger partial charge in [0.25, 0.3) is 0 Å². The molecule has 1 saturated carbocycles. The summed E-state index contributed by atoms with van der Waals surface area (Å²) in [6, 6.07) is 16.2. The van der Waals surface area contributed by atoms with Crippen LogP contribution in [-0.4, -0.2) is 69.2 Å². The van der Waals surface area contributed by atoms with Crippen LogP contribution in [0.1, 0.15) is 64.1 Å². The number of rotatable bonds is 8. The first kappa shape index (κ1) is 30.6. The van der Waals surface area contributed by atoms with Crippen LogP contribution in [0.4, 0.5) is 10.5 Å². The lowest BCUT2D eigenvalue weighted by Gasteiger charge is -2.29. The summed E-state index contributed by atoms with van der Waals surface area (Å²) in [6.07, 6.45) is 7.86. The molecule has 2 fully saturated rings. The number of carbonyl (C=O) groups is 2. The fourth-order valence-corrected chi connectivity index (χ4v) is 5.94. The molecule has 2 aliphatic rings. The van der Waals surface area contributed by atoms with Crippen molar-refractivity contribution in [1.82, 2.24) is 19.4 Å². The molecule has 2 aromatic carbocycles. The zero-order chi connectivity index (χ0) is 30.6. The number of nitrogens with one attached hydrogen (secondary N) is 1. The summed E-state index contributed by atoms with van der Waals surface area (Å²) in [5.74, 6) is 0.902. The van der Waals surface area contributed by atoms with E-state index in [1.807, 2.05) is 81.9 Å². The van der Waals surface area contributed by atoms with E-state index in [4.69, 9.17) is 9.47 Å². The highest BCUT2D eigenvalue weighted by molar-refractivity contribution is 5.93. The van der Waals surface area contributed by atoms with Crippen LogP contribution >= 0.6 is 0 Å². The summed E-state index contributed by atoms with van der Waals surface area (Å²) in [7, 11) is 1.82. The van der Waals surface area contributed by atoms with Crippen molar-refractivity contribution in [2.24, 2.45) is 5.92 Å². The Bertz CT molecular complexity index is 1390. The molecule has 9 heteroatoms. The number of aryl methyl sites for hydroxylation is 1. The minimum atomic E-state index is -0.522. The van der Waals surface area contributed by atoms with Crippen molar-refractivity contribution in [2.45, 2.75) is 84.1 Å². The molecular formula is C34H45N5O4. The maximum Gasteiger partial charge on any atom is 0.410 e. The molecule has 1 aliphatic carbocycles. The van der Waals surface area contributed by atoms with E-state index in [9.17, 15) is 9.59 Å². The lowest BCUT2D eigenvalue weighted by molar-refractivity contribution is -0.121. The number of anilines is 1. The first-order valence-electron chi connectivity index (χ1n) is 15.4. The molecule has 1 atom stereocenters. The molecule has 1 aliphatic heterocycles. The average Bonchev–Trinajstić information content (AvgIpc) is 3.61. The van der Waals surface area contributed by atoms with Gasteiger partial charge in [-0.3, -0.25) is 9.69 Å². The number of carbonyl (C=O) groups excluding carboxylic acids is 2. The number of hydrogen-bond donors (Lipinski definition) is 1. The Morgan fingerprint density at radius 1 is 1.05 bits per heavy atom. The van der Waals surface area contributed by atoms with E-state index in [2.05, 4.69) is 27.3 Å². The maximum atomic E-state index is 13.4. The molecule has 0 unspecified atom stereocenters. The van der Waals surface area contributed by atoms with Crippen LogP contribution in [-0.2, 0) is 16.1 Å². The van der Waals surface area contributed by atoms with E-state index in [0.717, 1.165) is 73.6 Å². The molecule has 5 rings (SSSR count). The van der Waals surface area contributed by atoms with Crippen molar-refractivity contribution < 1.29 is 19.1 Å². The van der Waals surface area contributed by atoms with Crippen molar-refractivity contribution in [3.8, 4) is 11.4 Å². The molecule has 43 heavy (non-hydrogen) atoms. The van der Waals surface area contributed by atoms with Crippen LogP contribution in [0, 0.1) is 12.8 Å². The fraction of sp³-hybridized carbons (Fsp3) is 0.500. The number of benzene rings is 2. The highest BCUT2D eigenvalue weighted by atomic mass is 16.6. The van der Waals surface area contributed by atoms with Crippen molar-refractivity contribution >= 4 is 17.7 Å². The van der Waals surface area contributed by atoms with E-state index < -0.39 is 5.60 Å². The number of hydrogen-bond acceptors (Lipinski definition) is 6. The van der Waals surface area contributed by atoms with E-state index in [1.54, 1.807) is 11.2 Å². The highest BCUT2D eigenvalue weighted by Gasteiger charge is 2.31. The van der Waals surface area contributed by atoms with Gasteiger partial charge in [0, 0.05) is 56.2 Å². The normalized spacial score (nSPS) is 20.9. The monoisotopic (exact) mass is 587 g/mol. The molecular weight excluding hydrogens is 542 g/mol. The average molecular weight is 588 g/mol. The van der Waals surface area contributed by atoms with Gasteiger partial charge >= 0.3 is 6.09 Å². The molecule has 0 bridgehead atoms. The molecule has 2 amide bonds. The number of ether oxygens (including phenoxy) is 2. The van der Waals surface area contributed by atoms with Crippen LogP contribution in [0.15, 0.2) is 61.1 Å². The lowest BCUT2D eigenvalue weighted by Crippen LogP contribution is -2.42. The minimum absolute atomic E-state index is 0.0408. The lowest BCUT2D eigenvalue weighted by atomic mass is 9.86. The predicted octanol–water partition coefficient (Wildman–Crippen LogP) is 6.20. The van der Waals surface area contributed by atoms with Crippen molar-refractivity contribution in [1.29, 1.82) is 0 Å². The van der Waals surface area contributed by atoms with Gasteiger partial charge in [-0.05, 0) is 95.7 Å². The van der Waals surface area contributed by atoms with Crippen LogP contribution in [0.2, 0.25) is 0 Å². The highest BCUT2D eigenvalue weighted by Crippen LogP contribution is 2.30. The summed E-state index contributed by atoms with van der Waals surface area (Å²) >= 11 is 0. The number of imidazole rings is 1. The number of aromatic nitrogens is 2. The third-order valence-corrected chi connectivity index (χ3v) is 8.23. The summed E-state index contributed by atoms with van der Waals surface area (Å²) in [4.78, 5) is 34.5. The quantitative estimate of drug-likeness (QED) is 0.338. The van der Waals surface area contributed by atoms with Gasteiger partial charge in [-0.2, -0.15) is 0 Å². The molecule has 3 aromatic rings. The van der Waals surface area contributed by atoms with Crippen LogP contribution in [0.5, 0.6) is 5.75 Å².